The van der Waals surface area contributed by atoms with Gasteiger partial charge in [0.05, 0.1) is 17.1 Å². The van der Waals surface area contributed by atoms with Crippen LogP contribution in [0, 0.1) is 0 Å². The predicted molar refractivity (Wildman–Crippen MR) is 83.6 cm³/mol. The number of carbonyl (C=O) groups is 3. The van der Waals surface area contributed by atoms with Crippen molar-refractivity contribution in [3.63, 3.8) is 0 Å². The van der Waals surface area contributed by atoms with Crippen molar-refractivity contribution in [2.24, 2.45) is 17.2 Å². The van der Waals surface area contributed by atoms with Crippen molar-refractivity contribution in [1.29, 1.82) is 0 Å². The van der Waals surface area contributed by atoms with Crippen LogP contribution in [0.25, 0.3) is 10.8 Å². The van der Waals surface area contributed by atoms with Crippen molar-refractivity contribution in [2.45, 2.75) is 0 Å². The van der Waals surface area contributed by atoms with Gasteiger partial charge in [-0.15, -0.1) is 0 Å². The van der Waals surface area contributed by atoms with E-state index in [2.05, 4.69) is 16.0 Å². The van der Waals surface area contributed by atoms with Crippen molar-refractivity contribution in [3.05, 3.63) is 30.3 Å². The van der Waals surface area contributed by atoms with Crippen LogP contribution in [-0.4, -0.2) is 18.1 Å². The molecule has 9 nitrogen and oxygen atoms in total. The Morgan fingerprint density at radius 1 is 0.727 bits per heavy atom. The molecule has 0 aliphatic heterocycles. The van der Waals surface area contributed by atoms with E-state index in [1.54, 1.807) is 24.3 Å². The Morgan fingerprint density at radius 2 is 1.23 bits per heavy atom. The van der Waals surface area contributed by atoms with E-state index in [1.807, 2.05) is 0 Å². The molecule has 0 heterocycles. The van der Waals surface area contributed by atoms with Gasteiger partial charge in [0.25, 0.3) is 0 Å². The van der Waals surface area contributed by atoms with E-state index in [1.165, 1.54) is 6.07 Å². The number of nitrogens with two attached hydrogens (primary N) is 3. The van der Waals surface area contributed by atoms with Crippen LogP contribution < -0.4 is 33.2 Å². The molecule has 0 spiro atoms. The molecule has 2 rings (SSSR count). The molecule has 0 unspecified atom stereocenters. The zero-order valence-electron chi connectivity index (χ0n) is 11.3. The van der Waals surface area contributed by atoms with Gasteiger partial charge >= 0.3 is 18.1 Å². The summed E-state index contributed by atoms with van der Waals surface area (Å²) in [4.78, 5) is 33.4. The minimum absolute atomic E-state index is 0.175. The summed E-state index contributed by atoms with van der Waals surface area (Å²) in [6.07, 6.45) is 0. The van der Waals surface area contributed by atoms with Crippen molar-refractivity contribution in [1.82, 2.24) is 0 Å². The predicted octanol–water partition coefficient (Wildman–Crippen LogP) is 1.31. The minimum Gasteiger partial charge on any atom is -0.351 e. The lowest BCUT2D eigenvalue weighted by Gasteiger charge is -2.16. The molecule has 0 aromatic heterocycles. The lowest BCUT2D eigenvalue weighted by Crippen LogP contribution is -2.24. The molecule has 114 valence electrons. The van der Waals surface area contributed by atoms with Gasteiger partial charge in [-0.1, -0.05) is 24.3 Å². The zero-order valence-corrected chi connectivity index (χ0v) is 11.3. The summed E-state index contributed by atoms with van der Waals surface area (Å²) in [7, 11) is 0. The van der Waals surface area contributed by atoms with Gasteiger partial charge in [0.2, 0.25) is 0 Å². The van der Waals surface area contributed by atoms with Crippen molar-refractivity contribution < 1.29 is 14.4 Å². The highest BCUT2D eigenvalue weighted by Crippen LogP contribution is 2.37. The summed E-state index contributed by atoms with van der Waals surface area (Å²) in [5, 5.41) is 8.37. The SMILES string of the molecule is NC(=O)Nc1cc(NC(N)=O)c2ccccc2c1NC(N)=O. The van der Waals surface area contributed by atoms with Gasteiger partial charge in [0.15, 0.2) is 0 Å². The third kappa shape index (κ3) is 3.15. The monoisotopic (exact) mass is 302 g/mol. The molecule has 0 saturated heterocycles. The highest BCUT2D eigenvalue weighted by Gasteiger charge is 2.15. The second-order valence-electron chi connectivity index (χ2n) is 4.36. The third-order valence-corrected chi connectivity index (χ3v) is 2.81. The van der Waals surface area contributed by atoms with E-state index >= 15 is 0 Å². The lowest BCUT2D eigenvalue weighted by atomic mass is 10.0. The molecule has 22 heavy (non-hydrogen) atoms. The van der Waals surface area contributed by atoms with E-state index < -0.39 is 18.1 Å². The Morgan fingerprint density at radius 3 is 1.77 bits per heavy atom. The molecule has 6 amide bonds. The lowest BCUT2D eigenvalue weighted by molar-refractivity contribution is 0.258. The molecule has 0 aliphatic carbocycles. The van der Waals surface area contributed by atoms with Gasteiger partial charge in [-0.25, -0.2) is 14.4 Å². The van der Waals surface area contributed by atoms with Gasteiger partial charge in [-0.3, -0.25) is 0 Å². The Kier molecular flexibility index (Phi) is 3.98. The molecule has 0 bridgehead atoms. The van der Waals surface area contributed by atoms with Gasteiger partial charge in [0.1, 0.15) is 0 Å². The molecule has 9 heteroatoms. The zero-order chi connectivity index (χ0) is 16.3. The van der Waals surface area contributed by atoms with E-state index in [9.17, 15) is 14.4 Å². The summed E-state index contributed by atoms with van der Waals surface area (Å²) in [5.74, 6) is 0. The number of benzene rings is 2. The number of hydrogen-bond donors (Lipinski definition) is 6. The van der Waals surface area contributed by atoms with E-state index in [-0.39, 0.29) is 11.4 Å². The average Bonchev–Trinajstić information content (AvgIpc) is 2.41. The first-order valence-electron chi connectivity index (χ1n) is 6.13. The van der Waals surface area contributed by atoms with Crippen molar-refractivity contribution >= 4 is 45.9 Å². The van der Waals surface area contributed by atoms with Gasteiger partial charge < -0.3 is 33.2 Å². The van der Waals surface area contributed by atoms with Gasteiger partial charge in [-0.05, 0) is 6.07 Å². The van der Waals surface area contributed by atoms with Crippen LogP contribution in [0.1, 0.15) is 0 Å². The number of fused-ring (bicyclic) bond motifs is 1. The normalized spacial score (nSPS) is 10.0. The summed E-state index contributed by atoms with van der Waals surface area (Å²) < 4.78 is 0. The number of rotatable bonds is 3. The van der Waals surface area contributed by atoms with E-state index in [4.69, 9.17) is 17.2 Å². The standard InChI is InChI=1S/C13H14N6O3/c14-11(20)17-8-5-9(18-12(15)21)10(19-13(16)22)7-4-2-1-3-6(7)8/h1-5H,(H3,14,17,20)(H3,15,18,21)(H3,16,19,22). The molecule has 0 atom stereocenters. The highest BCUT2D eigenvalue weighted by atomic mass is 16.2. The smallest absolute Gasteiger partial charge is 0.316 e. The van der Waals surface area contributed by atoms with Gasteiger partial charge in [-0.2, -0.15) is 0 Å². The first kappa shape index (κ1) is 14.9. The van der Waals surface area contributed by atoms with Crippen LogP contribution in [0.3, 0.4) is 0 Å². The summed E-state index contributed by atoms with van der Waals surface area (Å²) >= 11 is 0. The number of primary amides is 3. The van der Waals surface area contributed by atoms with Crippen LogP contribution in [0.2, 0.25) is 0 Å². The van der Waals surface area contributed by atoms with Gasteiger partial charge in [0, 0.05) is 10.8 Å². The fourth-order valence-corrected chi connectivity index (χ4v) is 2.10. The number of anilines is 3. The Bertz CT molecular complexity index is 774. The Labute approximate surface area is 124 Å². The van der Waals surface area contributed by atoms with Crippen molar-refractivity contribution in [3.8, 4) is 0 Å². The second-order valence-corrected chi connectivity index (χ2v) is 4.36. The molecule has 2 aromatic rings. The van der Waals surface area contributed by atoms with Crippen LogP contribution in [0.5, 0.6) is 0 Å². The molecule has 0 fully saturated rings. The number of urea groups is 3. The quantitative estimate of drug-likeness (QED) is 0.504. The molecule has 0 aliphatic rings. The maximum absolute atomic E-state index is 11.2. The topological polar surface area (TPSA) is 165 Å². The molecule has 2 aromatic carbocycles. The highest BCUT2D eigenvalue weighted by molar-refractivity contribution is 6.14. The Hall–Kier alpha value is -3.49. The fraction of sp³-hybridized carbons (Fsp3) is 0. The van der Waals surface area contributed by atoms with Crippen LogP contribution in [0.4, 0.5) is 31.4 Å². The average molecular weight is 302 g/mol. The number of nitrogens with one attached hydrogen (secondary N) is 3. The number of carbonyl (C=O) groups excluding carboxylic acids is 3. The van der Waals surface area contributed by atoms with E-state index in [0.717, 1.165) is 0 Å². The third-order valence-electron chi connectivity index (χ3n) is 2.81. The molecular weight excluding hydrogens is 288 g/mol. The number of amides is 6. The van der Waals surface area contributed by atoms with Crippen LogP contribution in [0.15, 0.2) is 30.3 Å². The van der Waals surface area contributed by atoms with E-state index in [0.29, 0.717) is 16.5 Å². The second kappa shape index (κ2) is 5.87. The Balaban J connectivity index is 2.74. The molecule has 0 radical (unpaired) electrons. The minimum atomic E-state index is -0.840. The molecule has 9 N–H and O–H groups in total. The molecule has 0 saturated carbocycles. The maximum Gasteiger partial charge on any atom is 0.316 e. The first-order chi connectivity index (χ1) is 10.4. The van der Waals surface area contributed by atoms with Crippen LogP contribution in [-0.2, 0) is 0 Å². The first-order valence-corrected chi connectivity index (χ1v) is 6.13. The summed E-state index contributed by atoms with van der Waals surface area (Å²) in [6, 6.07) is 5.84. The van der Waals surface area contributed by atoms with Crippen molar-refractivity contribution in [2.75, 3.05) is 16.0 Å². The largest absolute Gasteiger partial charge is 0.351 e. The summed E-state index contributed by atoms with van der Waals surface area (Å²) in [6.45, 7) is 0. The number of hydrogen-bond acceptors (Lipinski definition) is 3. The maximum atomic E-state index is 11.2. The summed E-state index contributed by atoms with van der Waals surface area (Å²) in [5.41, 5.74) is 16.2. The van der Waals surface area contributed by atoms with Crippen LogP contribution >= 0.6 is 0 Å². The fourth-order valence-electron chi connectivity index (χ4n) is 2.10. The molecular formula is C13H14N6O3.